The van der Waals surface area contributed by atoms with E-state index in [0.717, 1.165) is 19.5 Å². The molecule has 0 aliphatic carbocycles. The van der Waals surface area contributed by atoms with Crippen LogP contribution in [-0.2, 0) is 0 Å². The Bertz CT molecular complexity index is 100. The van der Waals surface area contributed by atoms with Crippen molar-refractivity contribution in [1.82, 2.24) is 5.32 Å². The number of nitrogens with one attached hydrogen (secondary N) is 1. The Kier molecular flexibility index (Phi) is 12.4. The second-order valence-corrected chi connectivity index (χ2v) is 5.79. The van der Waals surface area contributed by atoms with Gasteiger partial charge in [-0.3, -0.25) is 0 Å². The molecule has 0 fully saturated rings. The fourth-order valence-electron chi connectivity index (χ4n) is 0.775. The van der Waals surface area contributed by atoms with Crippen LogP contribution < -0.4 is 11.1 Å². The molecule has 1 radical (unpaired) electrons. The molecule has 0 amide bonds. The summed E-state index contributed by atoms with van der Waals surface area (Å²) in [5.74, 6) is 0. The Hall–Kier alpha value is 1.69. The molecule has 0 atom stereocenters. The van der Waals surface area contributed by atoms with Crippen molar-refractivity contribution in [2.24, 2.45) is 5.73 Å². The molecule has 0 aromatic carbocycles. The molecule has 0 spiro atoms. The molecule has 0 aromatic rings. The average molecular weight is 217 g/mol. The SMILES string of the molecule is C[Si](O)(O)CCCNCCN.[K]. The molecule has 0 aliphatic rings. The van der Waals surface area contributed by atoms with E-state index in [1.807, 2.05) is 0 Å². The van der Waals surface area contributed by atoms with E-state index in [1.54, 1.807) is 0 Å². The van der Waals surface area contributed by atoms with Crippen molar-refractivity contribution in [3.63, 3.8) is 0 Å². The number of hydrogen-bond donors (Lipinski definition) is 4. The summed E-state index contributed by atoms with van der Waals surface area (Å²) in [5, 5.41) is 3.08. The fourth-order valence-corrected chi connectivity index (χ4v) is 1.62. The molecule has 0 heterocycles. The summed E-state index contributed by atoms with van der Waals surface area (Å²) in [6, 6.07) is 0.532. The molecule has 0 aromatic heterocycles. The van der Waals surface area contributed by atoms with Crippen LogP contribution in [0.15, 0.2) is 0 Å². The summed E-state index contributed by atoms with van der Waals surface area (Å²) in [6.07, 6.45) is 0.815. The summed E-state index contributed by atoms with van der Waals surface area (Å²) in [6.45, 7) is 3.78. The van der Waals surface area contributed by atoms with Gasteiger partial charge >= 0.3 is 8.56 Å². The van der Waals surface area contributed by atoms with Crippen LogP contribution in [0.25, 0.3) is 0 Å². The second kappa shape index (κ2) is 9.26. The van der Waals surface area contributed by atoms with E-state index in [2.05, 4.69) is 5.32 Å². The largest absolute Gasteiger partial charge is 0.411 e. The maximum Gasteiger partial charge on any atom is 0.329 e. The first-order valence-corrected chi connectivity index (χ1v) is 6.52. The second-order valence-electron chi connectivity index (χ2n) is 2.86. The van der Waals surface area contributed by atoms with Crippen LogP contribution in [0, 0.1) is 0 Å². The molecule has 0 aliphatic heterocycles. The summed E-state index contributed by atoms with van der Waals surface area (Å²) in [5.41, 5.74) is 5.24. The Labute approximate surface area is 118 Å². The van der Waals surface area contributed by atoms with Crippen molar-refractivity contribution in [2.45, 2.75) is 19.0 Å². The van der Waals surface area contributed by atoms with Crippen molar-refractivity contribution in [3.8, 4) is 0 Å². The van der Waals surface area contributed by atoms with E-state index < -0.39 is 8.56 Å². The quantitative estimate of drug-likeness (QED) is 0.326. The van der Waals surface area contributed by atoms with Crippen LogP contribution in [-0.4, -0.2) is 89.2 Å². The molecule has 12 heavy (non-hydrogen) atoms. The zero-order valence-corrected chi connectivity index (χ0v) is 12.1. The summed E-state index contributed by atoms with van der Waals surface area (Å²) in [7, 11) is -2.79. The van der Waals surface area contributed by atoms with Gasteiger partial charge in [0.1, 0.15) is 0 Å². The predicted molar refractivity (Wildman–Crippen MR) is 53.2 cm³/mol. The van der Waals surface area contributed by atoms with Crippen LogP contribution in [0.2, 0.25) is 12.6 Å². The summed E-state index contributed by atoms with van der Waals surface area (Å²) >= 11 is 0. The third kappa shape index (κ3) is 14.2. The Morgan fingerprint density at radius 1 is 1.33 bits per heavy atom. The van der Waals surface area contributed by atoms with Gasteiger partial charge in [-0.1, -0.05) is 0 Å². The minimum atomic E-state index is -2.79. The van der Waals surface area contributed by atoms with E-state index >= 15 is 0 Å². The summed E-state index contributed by atoms with van der Waals surface area (Å²) < 4.78 is 0. The van der Waals surface area contributed by atoms with Gasteiger partial charge in [0.05, 0.1) is 0 Å². The van der Waals surface area contributed by atoms with Crippen molar-refractivity contribution in [1.29, 1.82) is 0 Å². The monoisotopic (exact) mass is 217 g/mol. The molecule has 0 unspecified atom stereocenters. The van der Waals surface area contributed by atoms with Gasteiger partial charge in [0.2, 0.25) is 0 Å². The number of hydrogen-bond acceptors (Lipinski definition) is 4. The van der Waals surface area contributed by atoms with E-state index in [0.29, 0.717) is 12.6 Å². The maximum atomic E-state index is 9.02. The van der Waals surface area contributed by atoms with Gasteiger partial charge in [-0.15, -0.1) is 0 Å². The first-order chi connectivity index (χ1) is 5.06. The minimum absolute atomic E-state index is 0. The van der Waals surface area contributed by atoms with Crippen LogP contribution in [0.3, 0.4) is 0 Å². The Morgan fingerprint density at radius 2 is 1.92 bits per heavy atom. The van der Waals surface area contributed by atoms with E-state index in [4.69, 9.17) is 15.3 Å². The third-order valence-corrected chi connectivity index (χ3v) is 2.63. The van der Waals surface area contributed by atoms with Crippen LogP contribution >= 0.6 is 0 Å². The molecular formula is C6H18KN2O2Si. The standard InChI is InChI=1S/C6H18N2O2Si.K/c1-11(9,10)6-2-4-8-5-3-7;/h8-10H,2-7H2,1H3;. The zero-order chi connectivity index (χ0) is 8.74. The van der Waals surface area contributed by atoms with Gasteiger partial charge in [0, 0.05) is 64.5 Å². The van der Waals surface area contributed by atoms with Crippen molar-refractivity contribution >= 4 is 59.9 Å². The smallest absolute Gasteiger partial charge is 0.329 e. The molecule has 4 nitrogen and oxygen atoms in total. The normalized spacial score (nSPS) is 11.0. The van der Waals surface area contributed by atoms with Crippen molar-refractivity contribution in [3.05, 3.63) is 0 Å². The zero-order valence-electron chi connectivity index (χ0n) is 8.01. The Balaban J connectivity index is 0. The molecule has 0 rings (SSSR count). The van der Waals surface area contributed by atoms with Crippen LogP contribution in [0.1, 0.15) is 6.42 Å². The molecule has 6 heteroatoms. The van der Waals surface area contributed by atoms with Gasteiger partial charge in [0.25, 0.3) is 0 Å². The van der Waals surface area contributed by atoms with Crippen LogP contribution in [0.4, 0.5) is 0 Å². The number of nitrogens with two attached hydrogens (primary N) is 1. The van der Waals surface area contributed by atoms with Crippen LogP contribution in [0.5, 0.6) is 0 Å². The Morgan fingerprint density at radius 3 is 2.33 bits per heavy atom. The molecular weight excluding hydrogens is 199 g/mol. The van der Waals surface area contributed by atoms with E-state index in [1.165, 1.54) is 6.55 Å². The van der Waals surface area contributed by atoms with Crippen molar-refractivity contribution < 1.29 is 9.59 Å². The van der Waals surface area contributed by atoms with Gasteiger partial charge in [0.15, 0.2) is 0 Å². The third-order valence-electron chi connectivity index (χ3n) is 1.33. The molecule has 5 N–H and O–H groups in total. The van der Waals surface area contributed by atoms with E-state index in [-0.39, 0.29) is 51.4 Å². The molecule has 69 valence electrons. The maximum absolute atomic E-state index is 9.02. The molecule has 0 saturated carbocycles. The molecule has 0 bridgehead atoms. The van der Waals surface area contributed by atoms with Gasteiger partial charge < -0.3 is 20.6 Å². The minimum Gasteiger partial charge on any atom is -0.411 e. The average Bonchev–Trinajstić information content (AvgIpc) is 1.85. The van der Waals surface area contributed by atoms with Gasteiger partial charge in [-0.25, -0.2) is 0 Å². The first-order valence-electron chi connectivity index (χ1n) is 3.92. The molecule has 0 saturated heterocycles. The van der Waals surface area contributed by atoms with E-state index in [9.17, 15) is 0 Å². The van der Waals surface area contributed by atoms with Gasteiger partial charge in [-0.2, -0.15) is 0 Å². The first kappa shape index (κ1) is 16.1. The summed E-state index contributed by atoms with van der Waals surface area (Å²) in [4.78, 5) is 18.0. The van der Waals surface area contributed by atoms with Crippen molar-refractivity contribution in [2.75, 3.05) is 19.6 Å². The topological polar surface area (TPSA) is 78.5 Å². The van der Waals surface area contributed by atoms with Gasteiger partial charge in [-0.05, 0) is 25.6 Å². The predicted octanol–water partition coefficient (Wildman–Crippen LogP) is -1.40. The fraction of sp³-hybridized carbons (Fsp3) is 1.00. The number of rotatable bonds is 6.